The minimum atomic E-state index is -4.49. The van der Waals surface area contributed by atoms with Crippen molar-refractivity contribution in [3.8, 4) is 0 Å². The van der Waals surface area contributed by atoms with Gasteiger partial charge in [-0.25, -0.2) is 13.1 Å². The fourth-order valence-electron chi connectivity index (χ4n) is 3.46. The molecule has 1 aromatic carbocycles. The second-order valence-electron chi connectivity index (χ2n) is 6.66. The third kappa shape index (κ3) is 4.13. The maximum Gasteiger partial charge on any atom is 0.416 e. The summed E-state index contributed by atoms with van der Waals surface area (Å²) in [5.41, 5.74) is -1.09. The lowest BCUT2D eigenvalue weighted by molar-refractivity contribution is -0.137. The molecular weight excluding hydrogens is 383 g/mol. The van der Waals surface area contributed by atoms with E-state index in [1.54, 1.807) is 11.3 Å². The zero-order valence-electron chi connectivity index (χ0n) is 14.1. The molecule has 1 saturated carbocycles. The minimum absolute atomic E-state index is 0.150. The summed E-state index contributed by atoms with van der Waals surface area (Å²) in [6.07, 6.45) is 0.547. The third-order valence-corrected chi connectivity index (χ3v) is 7.48. The van der Waals surface area contributed by atoms with Gasteiger partial charge in [0, 0.05) is 16.8 Å². The molecule has 1 aliphatic rings. The van der Waals surface area contributed by atoms with Crippen LogP contribution in [0, 0.1) is 0 Å². The normalized spacial score (nSPS) is 18.0. The van der Waals surface area contributed by atoms with Crippen LogP contribution in [0.4, 0.5) is 13.2 Å². The molecule has 26 heavy (non-hydrogen) atoms. The Morgan fingerprint density at radius 3 is 2.23 bits per heavy atom. The molecule has 0 radical (unpaired) electrons. The van der Waals surface area contributed by atoms with Gasteiger partial charge in [-0.2, -0.15) is 13.2 Å². The quantitative estimate of drug-likeness (QED) is 0.768. The molecule has 0 bridgehead atoms. The van der Waals surface area contributed by atoms with Gasteiger partial charge < -0.3 is 0 Å². The molecule has 3 rings (SSSR count). The molecule has 1 aromatic heterocycles. The maximum atomic E-state index is 12.7. The highest BCUT2D eigenvalue weighted by atomic mass is 32.2. The van der Waals surface area contributed by atoms with Gasteiger partial charge in [-0.05, 0) is 48.6 Å². The minimum Gasteiger partial charge on any atom is -0.210 e. The summed E-state index contributed by atoms with van der Waals surface area (Å²) in [6.45, 7) is 0.261. The zero-order valence-corrected chi connectivity index (χ0v) is 15.7. The number of halogens is 3. The zero-order chi connectivity index (χ0) is 18.8. The van der Waals surface area contributed by atoms with E-state index in [1.165, 1.54) is 0 Å². The average Bonchev–Trinajstić information content (AvgIpc) is 3.16. The number of hydrogen-bond donors (Lipinski definition) is 1. The van der Waals surface area contributed by atoms with Crippen LogP contribution < -0.4 is 4.72 Å². The molecule has 0 atom stereocenters. The molecule has 1 N–H and O–H groups in total. The van der Waals surface area contributed by atoms with Gasteiger partial charge in [-0.1, -0.05) is 25.3 Å². The molecule has 0 aliphatic heterocycles. The Morgan fingerprint density at radius 2 is 1.69 bits per heavy atom. The van der Waals surface area contributed by atoms with Crippen LogP contribution in [0.1, 0.15) is 42.5 Å². The predicted molar refractivity (Wildman–Crippen MR) is 95.7 cm³/mol. The van der Waals surface area contributed by atoms with Crippen molar-refractivity contribution in [3.63, 3.8) is 0 Å². The van der Waals surface area contributed by atoms with Crippen LogP contribution in [-0.4, -0.2) is 15.0 Å². The number of sulfonamides is 1. The first kappa shape index (κ1) is 19.4. The van der Waals surface area contributed by atoms with E-state index in [-0.39, 0.29) is 16.9 Å². The SMILES string of the molecule is O=S(=O)(NCC1(c2cccs2)CCCCC1)c1ccc(C(F)(F)F)cc1. The number of benzene rings is 1. The van der Waals surface area contributed by atoms with Crippen molar-refractivity contribution in [1.82, 2.24) is 4.72 Å². The monoisotopic (exact) mass is 403 g/mol. The largest absolute Gasteiger partial charge is 0.416 e. The summed E-state index contributed by atoms with van der Waals surface area (Å²) < 4.78 is 65.7. The van der Waals surface area contributed by atoms with Crippen LogP contribution in [0.3, 0.4) is 0 Å². The molecule has 2 aromatic rings. The molecule has 0 unspecified atom stereocenters. The van der Waals surface area contributed by atoms with Gasteiger partial charge in [-0.3, -0.25) is 0 Å². The average molecular weight is 403 g/mol. The van der Waals surface area contributed by atoms with Crippen LogP contribution in [0.5, 0.6) is 0 Å². The molecule has 8 heteroatoms. The highest BCUT2D eigenvalue weighted by Crippen LogP contribution is 2.41. The summed E-state index contributed by atoms with van der Waals surface area (Å²) >= 11 is 1.62. The van der Waals surface area contributed by atoms with Gasteiger partial charge in [0.2, 0.25) is 10.0 Å². The highest BCUT2D eigenvalue weighted by molar-refractivity contribution is 7.89. The molecule has 1 heterocycles. The lowest BCUT2D eigenvalue weighted by Gasteiger charge is -2.36. The van der Waals surface area contributed by atoms with Gasteiger partial charge in [0.25, 0.3) is 0 Å². The molecule has 1 aliphatic carbocycles. The molecule has 142 valence electrons. The lowest BCUT2D eigenvalue weighted by Crippen LogP contribution is -2.41. The third-order valence-electron chi connectivity index (χ3n) is 4.95. The van der Waals surface area contributed by atoms with Crippen molar-refractivity contribution in [2.45, 2.75) is 48.6 Å². The van der Waals surface area contributed by atoms with E-state index in [4.69, 9.17) is 0 Å². The van der Waals surface area contributed by atoms with E-state index in [2.05, 4.69) is 4.72 Å². The summed E-state index contributed by atoms with van der Waals surface area (Å²) in [5, 5.41) is 1.98. The first-order valence-corrected chi connectivity index (χ1v) is 10.8. The van der Waals surface area contributed by atoms with Gasteiger partial charge in [0.1, 0.15) is 0 Å². The van der Waals surface area contributed by atoms with E-state index < -0.39 is 21.8 Å². The maximum absolute atomic E-state index is 12.7. The first-order valence-electron chi connectivity index (χ1n) is 8.44. The standard InChI is InChI=1S/C18H20F3NO2S2/c19-18(20,21)14-6-8-15(9-7-14)26(23,24)22-13-17(10-2-1-3-11-17)16-5-4-12-25-16/h4-9,12,22H,1-3,10-11,13H2. The van der Waals surface area contributed by atoms with Crippen molar-refractivity contribution in [3.05, 3.63) is 52.2 Å². The predicted octanol–water partition coefficient (Wildman–Crippen LogP) is 4.95. The fraction of sp³-hybridized carbons (Fsp3) is 0.444. The Balaban J connectivity index is 1.78. The molecule has 1 fully saturated rings. The molecule has 0 saturated heterocycles. The van der Waals surface area contributed by atoms with Crippen LogP contribution in [0.25, 0.3) is 0 Å². The van der Waals surface area contributed by atoms with Crippen LogP contribution in [-0.2, 0) is 21.6 Å². The Hall–Kier alpha value is -1.38. The number of alkyl halides is 3. The Morgan fingerprint density at radius 1 is 1.04 bits per heavy atom. The summed E-state index contributed by atoms with van der Waals surface area (Å²) in [5.74, 6) is 0. The lowest BCUT2D eigenvalue weighted by atomic mass is 9.73. The number of thiophene rings is 1. The van der Waals surface area contributed by atoms with Crippen LogP contribution in [0.2, 0.25) is 0 Å². The first-order chi connectivity index (χ1) is 12.2. The van der Waals surface area contributed by atoms with Crippen molar-refractivity contribution in [1.29, 1.82) is 0 Å². The molecule has 3 nitrogen and oxygen atoms in total. The van der Waals surface area contributed by atoms with E-state index in [0.29, 0.717) is 0 Å². The Kier molecular flexibility index (Phi) is 5.46. The molecular formula is C18H20F3NO2S2. The Labute approximate surface area is 155 Å². The summed E-state index contributed by atoms with van der Waals surface area (Å²) in [4.78, 5) is 1.01. The van der Waals surface area contributed by atoms with Gasteiger partial charge in [-0.15, -0.1) is 11.3 Å². The van der Waals surface area contributed by atoms with Crippen molar-refractivity contribution < 1.29 is 21.6 Å². The van der Waals surface area contributed by atoms with Gasteiger partial charge in [0.15, 0.2) is 0 Å². The summed E-state index contributed by atoms with van der Waals surface area (Å²) in [7, 11) is -3.86. The second-order valence-corrected chi connectivity index (χ2v) is 9.38. The smallest absolute Gasteiger partial charge is 0.210 e. The topological polar surface area (TPSA) is 46.2 Å². The molecule has 0 spiro atoms. The van der Waals surface area contributed by atoms with E-state index in [9.17, 15) is 21.6 Å². The second kappa shape index (κ2) is 7.32. The van der Waals surface area contributed by atoms with Crippen LogP contribution >= 0.6 is 11.3 Å². The van der Waals surface area contributed by atoms with E-state index >= 15 is 0 Å². The van der Waals surface area contributed by atoms with Crippen molar-refractivity contribution in [2.24, 2.45) is 0 Å². The number of hydrogen-bond acceptors (Lipinski definition) is 3. The number of nitrogens with one attached hydrogen (secondary N) is 1. The number of rotatable bonds is 5. The van der Waals surface area contributed by atoms with E-state index in [1.807, 2.05) is 17.5 Å². The summed E-state index contributed by atoms with van der Waals surface area (Å²) in [6, 6.07) is 7.59. The van der Waals surface area contributed by atoms with E-state index in [0.717, 1.165) is 61.2 Å². The molecule has 0 amide bonds. The Bertz CT molecular complexity index is 822. The van der Waals surface area contributed by atoms with Crippen molar-refractivity contribution in [2.75, 3.05) is 6.54 Å². The van der Waals surface area contributed by atoms with Crippen LogP contribution in [0.15, 0.2) is 46.7 Å². The highest BCUT2D eigenvalue weighted by Gasteiger charge is 2.36. The van der Waals surface area contributed by atoms with Gasteiger partial charge >= 0.3 is 6.18 Å². The van der Waals surface area contributed by atoms with Gasteiger partial charge in [0.05, 0.1) is 10.5 Å². The fourth-order valence-corrected chi connectivity index (χ4v) is 5.57. The van der Waals surface area contributed by atoms with Crippen molar-refractivity contribution >= 4 is 21.4 Å².